The number of aromatic amines is 1. The van der Waals surface area contributed by atoms with E-state index in [1.54, 1.807) is 24.9 Å². The van der Waals surface area contributed by atoms with Gasteiger partial charge >= 0.3 is 0 Å². The normalized spacial score (nSPS) is 15.0. The van der Waals surface area contributed by atoms with Crippen LogP contribution in [0, 0.1) is 0 Å². The number of H-pyrrole nitrogens is 1. The number of nitrogens with zero attached hydrogens (tertiary/aromatic N) is 2. The molecular weight excluding hydrogens is 132 g/mol. The highest BCUT2D eigenvalue weighted by Gasteiger charge is 2.08. The first-order chi connectivity index (χ1) is 4.97. The Bertz CT molecular complexity index is 222. The van der Waals surface area contributed by atoms with Crippen LogP contribution in [-0.2, 0) is 4.84 Å². The molecular formula is C5H6N4O. The minimum Gasteiger partial charge on any atom is -0.365 e. The Labute approximate surface area is 57.2 Å². The quantitative estimate of drug-likeness (QED) is 0.579. The third-order valence-electron chi connectivity index (χ3n) is 1.14. The van der Waals surface area contributed by atoms with Gasteiger partial charge in [0, 0.05) is 0 Å². The van der Waals surface area contributed by atoms with Crippen molar-refractivity contribution >= 4 is 5.69 Å². The van der Waals surface area contributed by atoms with Gasteiger partial charge in [0.2, 0.25) is 0 Å². The molecule has 52 valence electrons. The molecule has 1 aromatic rings. The van der Waals surface area contributed by atoms with E-state index >= 15 is 0 Å². The minimum atomic E-state index is 0.838. The van der Waals surface area contributed by atoms with Gasteiger partial charge in [-0.3, -0.25) is 10.5 Å². The summed E-state index contributed by atoms with van der Waals surface area (Å²) in [5.41, 5.74) is 3.67. The molecule has 0 aliphatic carbocycles. The van der Waals surface area contributed by atoms with Crippen molar-refractivity contribution in [2.24, 2.45) is 0 Å². The molecule has 2 rings (SSSR count). The lowest BCUT2D eigenvalue weighted by atomic mass is 10.6. The van der Waals surface area contributed by atoms with E-state index in [0.29, 0.717) is 0 Å². The number of hydrazine groups is 1. The number of nitrogens with one attached hydrogen (secondary N) is 2. The van der Waals surface area contributed by atoms with E-state index in [4.69, 9.17) is 4.84 Å². The van der Waals surface area contributed by atoms with Crippen LogP contribution in [0.5, 0.6) is 0 Å². The van der Waals surface area contributed by atoms with Gasteiger partial charge in [-0.25, -0.2) is 0 Å². The van der Waals surface area contributed by atoms with E-state index in [2.05, 4.69) is 15.6 Å². The van der Waals surface area contributed by atoms with Crippen LogP contribution >= 0.6 is 0 Å². The fourth-order valence-corrected chi connectivity index (χ4v) is 0.710. The van der Waals surface area contributed by atoms with Crippen LogP contribution in [0.4, 0.5) is 5.69 Å². The summed E-state index contributed by atoms with van der Waals surface area (Å²) in [5.74, 6) is 0. The second-order valence-corrected chi connectivity index (χ2v) is 1.79. The number of rotatable bonds is 1. The fourth-order valence-electron chi connectivity index (χ4n) is 0.710. The van der Waals surface area contributed by atoms with E-state index in [1.165, 1.54) is 5.17 Å². The molecule has 5 heteroatoms. The van der Waals surface area contributed by atoms with Crippen molar-refractivity contribution in [3.05, 3.63) is 24.9 Å². The highest BCUT2D eigenvalue weighted by atomic mass is 16.7. The molecule has 0 radical (unpaired) electrons. The van der Waals surface area contributed by atoms with Gasteiger partial charge in [0.1, 0.15) is 11.9 Å². The van der Waals surface area contributed by atoms with Crippen molar-refractivity contribution in [2.75, 3.05) is 5.17 Å². The van der Waals surface area contributed by atoms with Gasteiger partial charge in [0.05, 0.1) is 18.6 Å². The lowest BCUT2D eigenvalue weighted by Crippen LogP contribution is -2.27. The molecule has 0 unspecified atom stereocenters. The summed E-state index contributed by atoms with van der Waals surface area (Å²) < 4.78 is 0. The lowest BCUT2D eigenvalue weighted by Gasteiger charge is -2.12. The fraction of sp³-hybridized carbons (Fsp3) is 0. The minimum absolute atomic E-state index is 0.838. The maximum absolute atomic E-state index is 4.98. The predicted octanol–water partition coefficient (Wildman–Crippen LogP) is 0.137. The molecule has 0 saturated carbocycles. The standard InChI is InChI=1S/C5H6N4O/c1-2-10-9(8-1)5-3-6-7-4-5/h1-4,8H,(H,6,7). The van der Waals surface area contributed by atoms with Crippen molar-refractivity contribution in [2.45, 2.75) is 0 Å². The third kappa shape index (κ3) is 0.680. The first-order valence-electron chi connectivity index (χ1n) is 2.84. The molecule has 0 spiro atoms. The third-order valence-corrected chi connectivity index (χ3v) is 1.14. The Hall–Kier alpha value is -1.65. The molecule has 0 amide bonds. The average molecular weight is 138 g/mol. The molecule has 10 heavy (non-hydrogen) atoms. The molecule has 0 bridgehead atoms. The first kappa shape index (κ1) is 5.16. The molecule has 0 fully saturated rings. The van der Waals surface area contributed by atoms with Crippen molar-refractivity contribution in [3.63, 3.8) is 0 Å². The molecule has 0 aromatic carbocycles. The summed E-state index contributed by atoms with van der Waals surface area (Å²) in [7, 11) is 0. The van der Waals surface area contributed by atoms with Crippen LogP contribution in [-0.4, -0.2) is 10.2 Å². The van der Waals surface area contributed by atoms with Crippen molar-refractivity contribution in [3.8, 4) is 0 Å². The van der Waals surface area contributed by atoms with Gasteiger partial charge in [0.15, 0.2) is 0 Å². The second kappa shape index (κ2) is 1.94. The van der Waals surface area contributed by atoms with E-state index in [9.17, 15) is 0 Å². The summed E-state index contributed by atoms with van der Waals surface area (Å²) in [6.07, 6.45) is 6.61. The molecule has 0 atom stereocenters. The summed E-state index contributed by atoms with van der Waals surface area (Å²) in [5, 5.41) is 7.91. The molecule has 1 aliphatic heterocycles. The maximum Gasteiger partial charge on any atom is 0.139 e. The van der Waals surface area contributed by atoms with Crippen LogP contribution in [0.3, 0.4) is 0 Å². The summed E-state index contributed by atoms with van der Waals surface area (Å²) in [6, 6.07) is 0. The Morgan fingerprint density at radius 1 is 1.60 bits per heavy atom. The van der Waals surface area contributed by atoms with Crippen LogP contribution in [0.2, 0.25) is 0 Å². The predicted molar refractivity (Wildman–Crippen MR) is 34.4 cm³/mol. The Morgan fingerprint density at radius 2 is 2.60 bits per heavy atom. The van der Waals surface area contributed by atoms with Crippen molar-refractivity contribution in [1.82, 2.24) is 15.6 Å². The Morgan fingerprint density at radius 3 is 3.20 bits per heavy atom. The zero-order chi connectivity index (χ0) is 6.81. The first-order valence-corrected chi connectivity index (χ1v) is 2.84. The zero-order valence-corrected chi connectivity index (χ0v) is 5.11. The number of hydrogen-bond donors (Lipinski definition) is 2. The SMILES string of the molecule is C1=CON(c2cn[nH]c2)N1. The monoisotopic (exact) mass is 138 g/mol. The van der Waals surface area contributed by atoms with Gasteiger partial charge in [0.25, 0.3) is 0 Å². The van der Waals surface area contributed by atoms with E-state index < -0.39 is 0 Å². The van der Waals surface area contributed by atoms with Crippen molar-refractivity contribution in [1.29, 1.82) is 0 Å². The molecule has 5 nitrogen and oxygen atoms in total. The van der Waals surface area contributed by atoms with Crippen LogP contribution in [0.15, 0.2) is 24.9 Å². The van der Waals surface area contributed by atoms with E-state index in [-0.39, 0.29) is 0 Å². The summed E-state index contributed by atoms with van der Waals surface area (Å²) in [4.78, 5) is 4.98. The zero-order valence-electron chi connectivity index (χ0n) is 5.11. The number of hydrogen-bond acceptors (Lipinski definition) is 4. The lowest BCUT2D eigenvalue weighted by molar-refractivity contribution is 0.221. The molecule has 1 aromatic heterocycles. The summed E-state index contributed by atoms with van der Waals surface area (Å²) in [6.45, 7) is 0. The van der Waals surface area contributed by atoms with Crippen molar-refractivity contribution < 1.29 is 4.84 Å². The van der Waals surface area contributed by atoms with Gasteiger partial charge < -0.3 is 4.84 Å². The van der Waals surface area contributed by atoms with Gasteiger partial charge in [-0.2, -0.15) is 5.10 Å². The van der Waals surface area contributed by atoms with Gasteiger partial charge in [-0.05, 0) is 0 Å². The van der Waals surface area contributed by atoms with E-state index in [0.717, 1.165) is 5.69 Å². The van der Waals surface area contributed by atoms with Crippen LogP contribution in [0.25, 0.3) is 0 Å². The highest BCUT2D eigenvalue weighted by molar-refractivity contribution is 5.38. The Kier molecular flexibility index (Phi) is 1.00. The number of anilines is 1. The highest BCUT2D eigenvalue weighted by Crippen LogP contribution is 2.10. The average Bonchev–Trinajstić information content (AvgIpc) is 2.59. The molecule has 2 N–H and O–H groups in total. The molecule has 0 saturated heterocycles. The van der Waals surface area contributed by atoms with Crippen LogP contribution in [0.1, 0.15) is 0 Å². The van der Waals surface area contributed by atoms with Gasteiger partial charge in [-0.15, -0.1) is 5.17 Å². The van der Waals surface area contributed by atoms with Gasteiger partial charge in [-0.1, -0.05) is 0 Å². The Balaban J connectivity index is 2.14. The smallest absolute Gasteiger partial charge is 0.139 e. The summed E-state index contributed by atoms with van der Waals surface area (Å²) >= 11 is 0. The molecule has 2 heterocycles. The topological polar surface area (TPSA) is 53.2 Å². The largest absolute Gasteiger partial charge is 0.365 e. The maximum atomic E-state index is 4.98. The number of aromatic nitrogens is 2. The molecule has 1 aliphatic rings. The second-order valence-electron chi connectivity index (χ2n) is 1.79. The van der Waals surface area contributed by atoms with E-state index in [1.807, 2.05) is 0 Å². The van der Waals surface area contributed by atoms with Crippen LogP contribution < -0.4 is 10.6 Å².